The maximum atomic E-state index is 5.90. The lowest BCUT2D eigenvalue weighted by atomic mass is 10.1. The van der Waals surface area contributed by atoms with Gasteiger partial charge in [-0.1, -0.05) is 41.9 Å². The topological polar surface area (TPSA) is 38.0 Å². The van der Waals surface area contributed by atoms with Crippen LogP contribution in [-0.2, 0) is 0 Å². The minimum absolute atomic E-state index is 0.208. The monoisotopic (exact) mass is 246 g/mol. The molecule has 17 heavy (non-hydrogen) atoms. The summed E-state index contributed by atoms with van der Waals surface area (Å²) in [4.78, 5) is 0. The summed E-state index contributed by atoms with van der Waals surface area (Å²) in [6.07, 6.45) is 0. The largest absolute Gasteiger partial charge is 0.397 e. The molecule has 2 nitrogen and oxygen atoms in total. The summed E-state index contributed by atoms with van der Waals surface area (Å²) in [6, 6.07) is 15.9. The van der Waals surface area contributed by atoms with Crippen molar-refractivity contribution in [2.75, 3.05) is 11.1 Å². The maximum absolute atomic E-state index is 5.90. The van der Waals surface area contributed by atoms with Crippen molar-refractivity contribution >= 4 is 23.0 Å². The summed E-state index contributed by atoms with van der Waals surface area (Å²) in [7, 11) is 0. The van der Waals surface area contributed by atoms with E-state index in [1.165, 1.54) is 5.56 Å². The van der Waals surface area contributed by atoms with Crippen LogP contribution in [0.3, 0.4) is 0 Å². The number of hydrogen-bond donors (Lipinski definition) is 2. The summed E-state index contributed by atoms with van der Waals surface area (Å²) in [5, 5.41) is 4.02. The Kier molecular flexibility index (Phi) is 3.55. The second-order valence-corrected chi connectivity index (χ2v) is 4.44. The molecule has 0 aromatic heterocycles. The van der Waals surface area contributed by atoms with Crippen LogP contribution in [-0.4, -0.2) is 0 Å². The first-order chi connectivity index (χ1) is 8.16. The van der Waals surface area contributed by atoms with Crippen molar-refractivity contribution in [3.8, 4) is 0 Å². The molecule has 1 atom stereocenters. The van der Waals surface area contributed by atoms with Gasteiger partial charge >= 0.3 is 0 Å². The van der Waals surface area contributed by atoms with Gasteiger partial charge < -0.3 is 11.1 Å². The van der Waals surface area contributed by atoms with E-state index in [0.717, 1.165) is 5.69 Å². The molecular weight excluding hydrogens is 232 g/mol. The molecule has 0 aliphatic heterocycles. The molecule has 0 amide bonds. The van der Waals surface area contributed by atoms with Crippen LogP contribution in [0.25, 0.3) is 0 Å². The number of hydrogen-bond acceptors (Lipinski definition) is 2. The standard InChI is InChI=1S/C14H15ClN2/c1-10(11-5-3-2-4-6-11)17-14-8-7-12(15)9-13(14)16/h2-10,17H,16H2,1H3/t10-/m1/s1. The number of halogens is 1. The van der Waals surface area contributed by atoms with Gasteiger partial charge in [-0.2, -0.15) is 0 Å². The third-order valence-electron chi connectivity index (χ3n) is 2.69. The van der Waals surface area contributed by atoms with Crippen LogP contribution < -0.4 is 11.1 Å². The highest BCUT2D eigenvalue weighted by molar-refractivity contribution is 6.31. The van der Waals surface area contributed by atoms with Crippen molar-refractivity contribution in [3.05, 3.63) is 59.1 Å². The van der Waals surface area contributed by atoms with E-state index >= 15 is 0 Å². The molecule has 0 aliphatic carbocycles. The summed E-state index contributed by atoms with van der Waals surface area (Å²) in [5.74, 6) is 0. The minimum atomic E-state index is 0.208. The van der Waals surface area contributed by atoms with E-state index in [0.29, 0.717) is 10.7 Å². The molecule has 0 unspecified atom stereocenters. The third-order valence-corrected chi connectivity index (χ3v) is 2.92. The van der Waals surface area contributed by atoms with Crippen molar-refractivity contribution in [1.82, 2.24) is 0 Å². The van der Waals surface area contributed by atoms with Crippen LogP contribution in [0.4, 0.5) is 11.4 Å². The average Bonchev–Trinajstić information content (AvgIpc) is 2.34. The zero-order chi connectivity index (χ0) is 12.3. The lowest BCUT2D eigenvalue weighted by Crippen LogP contribution is -2.08. The van der Waals surface area contributed by atoms with Gasteiger partial charge in [0.2, 0.25) is 0 Å². The van der Waals surface area contributed by atoms with E-state index in [4.69, 9.17) is 17.3 Å². The number of nitrogens with two attached hydrogens (primary N) is 1. The SMILES string of the molecule is C[C@@H](Nc1ccc(Cl)cc1N)c1ccccc1. The molecule has 0 bridgehead atoms. The van der Waals surface area contributed by atoms with E-state index in [9.17, 15) is 0 Å². The molecule has 0 radical (unpaired) electrons. The molecule has 2 aromatic rings. The predicted octanol–water partition coefficient (Wildman–Crippen LogP) is 4.10. The van der Waals surface area contributed by atoms with Gasteiger partial charge in [-0.15, -0.1) is 0 Å². The molecule has 2 rings (SSSR count). The van der Waals surface area contributed by atoms with E-state index < -0.39 is 0 Å². The van der Waals surface area contributed by atoms with E-state index in [1.807, 2.05) is 30.3 Å². The normalized spacial score (nSPS) is 12.1. The van der Waals surface area contributed by atoms with Crippen LogP contribution in [0.15, 0.2) is 48.5 Å². The Morgan fingerprint density at radius 1 is 1.12 bits per heavy atom. The highest BCUT2D eigenvalue weighted by Crippen LogP contribution is 2.26. The van der Waals surface area contributed by atoms with E-state index in [1.54, 1.807) is 6.07 Å². The smallest absolute Gasteiger partial charge is 0.0579 e. The van der Waals surface area contributed by atoms with Gasteiger partial charge in [0.25, 0.3) is 0 Å². The second-order valence-electron chi connectivity index (χ2n) is 4.01. The number of nitrogens with one attached hydrogen (secondary N) is 1. The second kappa shape index (κ2) is 5.11. The first kappa shape index (κ1) is 11.8. The lowest BCUT2D eigenvalue weighted by molar-refractivity contribution is 0.885. The fraction of sp³-hybridized carbons (Fsp3) is 0.143. The molecule has 0 spiro atoms. The Bertz CT molecular complexity index is 497. The number of nitrogen functional groups attached to an aromatic ring is 1. The molecule has 3 heteroatoms. The molecule has 0 aliphatic rings. The van der Waals surface area contributed by atoms with Crippen LogP contribution in [0.2, 0.25) is 5.02 Å². The fourth-order valence-corrected chi connectivity index (χ4v) is 1.90. The van der Waals surface area contributed by atoms with Gasteiger partial charge in [-0.05, 0) is 30.7 Å². The first-order valence-corrected chi connectivity index (χ1v) is 5.91. The van der Waals surface area contributed by atoms with Gasteiger partial charge in [-0.3, -0.25) is 0 Å². The number of benzene rings is 2. The maximum Gasteiger partial charge on any atom is 0.0579 e. The molecule has 0 saturated carbocycles. The highest BCUT2D eigenvalue weighted by atomic mass is 35.5. The molecule has 0 fully saturated rings. The van der Waals surface area contributed by atoms with Crippen LogP contribution in [0.1, 0.15) is 18.5 Å². The molecule has 0 heterocycles. The Labute approximate surface area is 106 Å². The van der Waals surface area contributed by atoms with Crippen LogP contribution in [0, 0.1) is 0 Å². The number of rotatable bonds is 3. The third kappa shape index (κ3) is 2.92. The average molecular weight is 247 g/mol. The molecule has 2 aromatic carbocycles. The Morgan fingerprint density at radius 2 is 1.82 bits per heavy atom. The molecule has 0 saturated heterocycles. The zero-order valence-corrected chi connectivity index (χ0v) is 10.4. The Hall–Kier alpha value is -1.67. The van der Waals surface area contributed by atoms with Gasteiger partial charge in [-0.25, -0.2) is 0 Å². The minimum Gasteiger partial charge on any atom is -0.397 e. The summed E-state index contributed by atoms with van der Waals surface area (Å²) in [6.45, 7) is 2.10. The fourth-order valence-electron chi connectivity index (χ4n) is 1.72. The van der Waals surface area contributed by atoms with Crippen molar-refractivity contribution in [3.63, 3.8) is 0 Å². The van der Waals surface area contributed by atoms with Gasteiger partial charge in [0, 0.05) is 11.1 Å². The quantitative estimate of drug-likeness (QED) is 0.801. The van der Waals surface area contributed by atoms with Gasteiger partial charge in [0.15, 0.2) is 0 Å². The van der Waals surface area contributed by atoms with Gasteiger partial charge in [0.05, 0.1) is 11.4 Å². The molecule has 88 valence electrons. The first-order valence-electron chi connectivity index (χ1n) is 5.53. The van der Waals surface area contributed by atoms with Crippen molar-refractivity contribution in [1.29, 1.82) is 0 Å². The predicted molar refractivity (Wildman–Crippen MR) is 74.3 cm³/mol. The van der Waals surface area contributed by atoms with E-state index in [2.05, 4.69) is 24.4 Å². The number of anilines is 2. The van der Waals surface area contributed by atoms with Crippen molar-refractivity contribution in [2.24, 2.45) is 0 Å². The highest BCUT2D eigenvalue weighted by Gasteiger charge is 2.06. The molecule has 3 N–H and O–H groups in total. The Balaban J connectivity index is 2.16. The summed E-state index contributed by atoms with van der Waals surface area (Å²) >= 11 is 5.86. The van der Waals surface area contributed by atoms with Crippen molar-refractivity contribution < 1.29 is 0 Å². The zero-order valence-electron chi connectivity index (χ0n) is 9.65. The van der Waals surface area contributed by atoms with Crippen LogP contribution >= 0.6 is 11.6 Å². The summed E-state index contributed by atoms with van der Waals surface area (Å²) in [5.41, 5.74) is 8.70. The van der Waals surface area contributed by atoms with Gasteiger partial charge in [0.1, 0.15) is 0 Å². The summed E-state index contributed by atoms with van der Waals surface area (Å²) < 4.78 is 0. The lowest BCUT2D eigenvalue weighted by Gasteiger charge is -2.17. The van der Waals surface area contributed by atoms with Crippen LogP contribution in [0.5, 0.6) is 0 Å². The molecular formula is C14H15ClN2. The Morgan fingerprint density at radius 3 is 2.47 bits per heavy atom. The van der Waals surface area contributed by atoms with E-state index in [-0.39, 0.29) is 6.04 Å². The van der Waals surface area contributed by atoms with Crippen molar-refractivity contribution in [2.45, 2.75) is 13.0 Å².